The molecule has 0 saturated heterocycles. The number of hydrogen-bond donors (Lipinski definition) is 3. The van der Waals surface area contributed by atoms with Crippen molar-refractivity contribution in [2.24, 2.45) is 0 Å². The van der Waals surface area contributed by atoms with Crippen molar-refractivity contribution in [3.63, 3.8) is 0 Å². The Kier molecular flexibility index (Phi) is 4.33. The van der Waals surface area contributed by atoms with E-state index in [-0.39, 0.29) is 29.9 Å². The van der Waals surface area contributed by atoms with Crippen molar-refractivity contribution in [1.82, 2.24) is 5.32 Å². The predicted molar refractivity (Wildman–Crippen MR) is 88.9 cm³/mol. The number of rotatable bonds is 5. The smallest absolute Gasteiger partial charge is 0.292 e. The van der Waals surface area contributed by atoms with E-state index in [9.17, 15) is 20.0 Å². The number of carbonyl (C=O) groups is 1. The Morgan fingerprint density at radius 3 is 2.83 bits per heavy atom. The molecule has 0 saturated carbocycles. The van der Waals surface area contributed by atoms with Gasteiger partial charge in [0.25, 0.3) is 5.69 Å². The molecule has 0 radical (unpaired) electrons. The number of aromatic hydroxyl groups is 1. The molecule has 2 aromatic carbocycles. The lowest BCUT2D eigenvalue weighted by Crippen LogP contribution is -2.32. The molecule has 1 aliphatic rings. The number of nitro groups is 1. The molecule has 2 aromatic rings. The Hall–Kier alpha value is -3.09. The maximum absolute atomic E-state index is 12.1. The first kappa shape index (κ1) is 15.8. The fraction of sp³-hybridized carbons (Fsp3) is 0.235. The quantitative estimate of drug-likeness (QED) is 0.578. The third kappa shape index (κ3) is 3.15. The van der Waals surface area contributed by atoms with Gasteiger partial charge in [-0.1, -0.05) is 24.3 Å². The maximum atomic E-state index is 12.1. The van der Waals surface area contributed by atoms with Crippen LogP contribution >= 0.6 is 0 Å². The topological polar surface area (TPSA) is 104 Å². The molecule has 3 rings (SSSR count). The highest BCUT2D eigenvalue weighted by Gasteiger charge is 2.25. The number of nitrogens with one attached hydrogen (secondary N) is 2. The van der Waals surface area contributed by atoms with Crippen LogP contribution in [-0.2, 0) is 11.2 Å². The Morgan fingerprint density at radius 1 is 1.25 bits per heavy atom. The molecule has 0 spiro atoms. The number of carbonyl (C=O) groups excluding carboxylic acids is 1. The predicted octanol–water partition coefficient (Wildman–Crippen LogP) is 2.52. The minimum Gasteiger partial charge on any atom is -0.508 e. The van der Waals surface area contributed by atoms with Gasteiger partial charge < -0.3 is 15.7 Å². The van der Waals surface area contributed by atoms with Gasteiger partial charge in [-0.2, -0.15) is 0 Å². The van der Waals surface area contributed by atoms with Gasteiger partial charge in [-0.3, -0.25) is 14.9 Å². The molecule has 1 aliphatic carbocycles. The number of nitro benzene ring substituents is 1. The van der Waals surface area contributed by atoms with Crippen molar-refractivity contribution in [2.75, 3.05) is 11.9 Å². The van der Waals surface area contributed by atoms with Crippen LogP contribution in [0.2, 0.25) is 0 Å². The molecule has 124 valence electrons. The fourth-order valence-corrected chi connectivity index (χ4v) is 2.99. The van der Waals surface area contributed by atoms with Gasteiger partial charge in [-0.25, -0.2) is 0 Å². The Balaban J connectivity index is 1.62. The molecule has 0 bridgehead atoms. The van der Waals surface area contributed by atoms with Crippen LogP contribution in [-0.4, -0.2) is 22.5 Å². The molecule has 1 atom stereocenters. The standard InChI is InChI=1S/C17H17N3O4/c21-16-7-3-4-11-12(16)8-9-13(11)19-17(22)10-18-14-5-1-2-6-15(14)20(23)24/h1-7,13,18,21H,8-10H2,(H,19,22)/t13-/m0/s1. The largest absolute Gasteiger partial charge is 0.508 e. The van der Waals surface area contributed by atoms with Gasteiger partial charge >= 0.3 is 0 Å². The average Bonchev–Trinajstić information content (AvgIpc) is 2.97. The van der Waals surface area contributed by atoms with Gasteiger partial charge in [0.1, 0.15) is 11.4 Å². The van der Waals surface area contributed by atoms with E-state index in [2.05, 4.69) is 10.6 Å². The number of phenols is 1. The highest BCUT2D eigenvalue weighted by molar-refractivity contribution is 5.82. The average molecular weight is 327 g/mol. The molecule has 0 fully saturated rings. The minimum atomic E-state index is -0.490. The van der Waals surface area contributed by atoms with Crippen molar-refractivity contribution in [3.05, 3.63) is 63.7 Å². The van der Waals surface area contributed by atoms with Crippen LogP contribution in [0.1, 0.15) is 23.6 Å². The van der Waals surface area contributed by atoms with E-state index < -0.39 is 4.92 Å². The number of phenolic OH excluding ortho intramolecular Hbond substituents is 1. The van der Waals surface area contributed by atoms with Crippen molar-refractivity contribution in [1.29, 1.82) is 0 Å². The van der Waals surface area contributed by atoms with Gasteiger partial charge in [0.15, 0.2) is 0 Å². The monoisotopic (exact) mass is 327 g/mol. The summed E-state index contributed by atoms with van der Waals surface area (Å²) in [5.74, 6) is -0.00312. The Labute approximate surface area is 138 Å². The summed E-state index contributed by atoms with van der Waals surface area (Å²) in [5.41, 5.74) is 2.03. The number of anilines is 1. The third-order valence-corrected chi connectivity index (χ3v) is 4.12. The molecule has 1 amide bonds. The highest BCUT2D eigenvalue weighted by atomic mass is 16.6. The normalized spacial score (nSPS) is 15.6. The van der Waals surface area contributed by atoms with Crippen molar-refractivity contribution >= 4 is 17.3 Å². The van der Waals surface area contributed by atoms with Gasteiger partial charge in [-0.05, 0) is 36.1 Å². The van der Waals surface area contributed by atoms with Gasteiger partial charge in [0.2, 0.25) is 5.91 Å². The number of fused-ring (bicyclic) bond motifs is 1. The lowest BCUT2D eigenvalue weighted by Gasteiger charge is -2.15. The second kappa shape index (κ2) is 6.57. The van der Waals surface area contributed by atoms with Crippen LogP contribution in [0.4, 0.5) is 11.4 Å². The van der Waals surface area contributed by atoms with E-state index in [1.54, 1.807) is 30.3 Å². The zero-order valence-electron chi connectivity index (χ0n) is 12.9. The molecular weight excluding hydrogens is 310 g/mol. The number of para-hydroxylation sites is 2. The number of nitrogens with zero attached hydrogens (tertiary/aromatic N) is 1. The third-order valence-electron chi connectivity index (χ3n) is 4.12. The van der Waals surface area contributed by atoms with Gasteiger partial charge in [0, 0.05) is 6.07 Å². The van der Waals surface area contributed by atoms with E-state index >= 15 is 0 Å². The summed E-state index contributed by atoms with van der Waals surface area (Å²) in [4.78, 5) is 22.6. The first-order valence-corrected chi connectivity index (χ1v) is 7.63. The summed E-state index contributed by atoms with van der Waals surface area (Å²) in [6, 6.07) is 11.3. The van der Waals surface area contributed by atoms with Crippen LogP contribution in [0.25, 0.3) is 0 Å². The zero-order valence-corrected chi connectivity index (χ0v) is 12.9. The lowest BCUT2D eigenvalue weighted by molar-refractivity contribution is -0.383. The summed E-state index contributed by atoms with van der Waals surface area (Å²) < 4.78 is 0. The van der Waals surface area contributed by atoms with Crippen molar-refractivity contribution in [2.45, 2.75) is 18.9 Å². The van der Waals surface area contributed by atoms with E-state index in [0.29, 0.717) is 12.1 Å². The highest BCUT2D eigenvalue weighted by Crippen LogP contribution is 2.36. The molecule has 0 aliphatic heterocycles. The van der Waals surface area contributed by atoms with Crippen LogP contribution < -0.4 is 10.6 Å². The van der Waals surface area contributed by atoms with Gasteiger partial charge in [0.05, 0.1) is 17.5 Å². The molecule has 0 heterocycles. The molecule has 0 unspecified atom stereocenters. The number of hydrogen-bond acceptors (Lipinski definition) is 5. The summed E-state index contributed by atoms with van der Waals surface area (Å²) in [5, 5.41) is 26.5. The van der Waals surface area contributed by atoms with Crippen LogP contribution in [0.5, 0.6) is 5.75 Å². The summed E-state index contributed by atoms with van der Waals surface area (Å²) >= 11 is 0. The first-order chi connectivity index (χ1) is 11.6. The van der Waals surface area contributed by atoms with E-state index in [0.717, 1.165) is 17.5 Å². The van der Waals surface area contributed by atoms with Crippen LogP contribution in [0.15, 0.2) is 42.5 Å². The zero-order chi connectivity index (χ0) is 17.1. The van der Waals surface area contributed by atoms with Crippen molar-refractivity contribution in [3.8, 4) is 5.75 Å². The number of amides is 1. The first-order valence-electron chi connectivity index (χ1n) is 7.63. The fourth-order valence-electron chi connectivity index (χ4n) is 2.99. The Bertz CT molecular complexity index is 791. The van der Waals surface area contributed by atoms with E-state index in [4.69, 9.17) is 0 Å². The SMILES string of the molecule is O=C(CNc1ccccc1[N+](=O)[O-])N[C@H]1CCc2c(O)cccc21. The van der Waals surface area contributed by atoms with Crippen molar-refractivity contribution < 1.29 is 14.8 Å². The maximum Gasteiger partial charge on any atom is 0.292 e. The molecule has 7 heteroatoms. The molecular formula is C17H17N3O4. The molecule has 3 N–H and O–H groups in total. The Morgan fingerprint density at radius 2 is 2.04 bits per heavy atom. The summed E-state index contributed by atoms with van der Waals surface area (Å²) in [6.45, 7) is -0.0600. The van der Waals surface area contributed by atoms with Crippen LogP contribution in [0.3, 0.4) is 0 Å². The summed E-state index contributed by atoms with van der Waals surface area (Å²) in [7, 11) is 0. The molecule has 7 nitrogen and oxygen atoms in total. The van der Waals surface area contributed by atoms with Crippen LogP contribution in [0, 0.1) is 10.1 Å². The van der Waals surface area contributed by atoms with Gasteiger partial charge in [-0.15, -0.1) is 0 Å². The van der Waals surface area contributed by atoms with E-state index in [1.165, 1.54) is 6.07 Å². The minimum absolute atomic E-state index is 0.0600. The second-order valence-corrected chi connectivity index (χ2v) is 5.63. The lowest BCUT2D eigenvalue weighted by atomic mass is 10.1. The summed E-state index contributed by atoms with van der Waals surface area (Å²) in [6.07, 6.45) is 1.44. The molecule has 0 aromatic heterocycles. The molecule has 24 heavy (non-hydrogen) atoms. The second-order valence-electron chi connectivity index (χ2n) is 5.63. The van der Waals surface area contributed by atoms with E-state index in [1.807, 2.05) is 6.07 Å². The number of benzene rings is 2.